The second kappa shape index (κ2) is 12.6. The molecule has 0 spiro atoms. The maximum atomic E-state index is 12.0. The zero-order chi connectivity index (χ0) is 16.8. The minimum absolute atomic E-state index is 0.0706. The topological polar surface area (TPSA) is 40.6 Å². The summed E-state index contributed by atoms with van der Waals surface area (Å²) in [5, 5.41) is 0. The van der Waals surface area contributed by atoms with Crippen LogP contribution >= 0.6 is 0 Å². The molecule has 0 saturated heterocycles. The van der Waals surface area contributed by atoms with Gasteiger partial charge >= 0.3 is 0 Å². The lowest BCUT2D eigenvalue weighted by molar-refractivity contribution is -0.132. The van der Waals surface area contributed by atoms with Crippen LogP contribution in [-0.4, -0.2) is 47.8 Å². The summed E-state index contributed by atoms with van der Waals surface area (Å²) in [7, 11) is 0. The molecule has 0 radical (unpaired) electrons. The average Bonchev–Trinajstić information content (AvgIpc) is 2.50. The highest BCUT2D eigenvalue weighted by molar-refractivity contribution is 5.77. The van der Waals surface area contributed by atoms with E-state index in [0.29, 0.717) is 51.9 Å². The second-order valence-electron chi connectivity index (χ2n) is 4.96. The Bertz CT molecular complexity index is 344. The van der Waals surface area contributed by atoms with Gasteiger partial charge in [-0.2, -0.15) is 0 Å². The molecule has 2 amide bonds. The molecule has 0 saturated carbocycles. The smallest absolute Gasteiger partial charge is 0.223 e. The predicted octanol–water partition coefficient (Wildman–Crippen LogP) is 2.95. The molecule has 0 N–H and O–H groups in total. The van der Waals surface area contributed by atoms with Crippen LogP contribution in [0.4, 0.5) is 0 Å². The third-order valence-electron chi connectivity index (χ3n) is 3.13. The van der Waals surface area contributed by atoms with Crippen molar-refractivity contribution in [2.45, 2.75) is 25.7 Å². The van der Waals surface area contributed by atoms with Crippen LogP contribution in [0.1, 0.15) is 25.7 Å². The van der Waals surface area contributed by atoms with Gasteiger partial charge in [-0.3, -0.25) is 9.59 Å². The van der Waals surface area contributed by atoms with Gasteiger partial charge in [0, 0.05) is 39.0 Å². The molecular formula is C18H28N2O2. The first-order valence-corrected chi connectivity index (χ1v) is 7.59. The molecule has 0 aliphatic rings. The van der Waals surface area contributed by atoms with E-state index in [1.54, 1.807) is 34.1 Å². The van der Waals surface area contributed by atoms with E-state index in [9.17, 15) is 9.59 Å². The van der Waals surface area contributed by atoms with Gasteiger partial charge in [0.25, 0.3) is 0 Å². The van der Waals surface area contributed by atoms with E-state index in [-0.39, 0.29) is 11.8 Å². The first-order chi connectivity index (χ1) is 10.6. The zero-order valence-corrected chi connectivity index (χ0v) is 13.5. The van der Waals surface area contributed by atoms with Crippen LogP contribution in [0.3, 0.4) is 0 Å². The molecule has 0 heterocycles. The van der Waals surface area contributed by atoms with E-state index in [1.807, 2.05) is 0 Å². The lowest BCUT2D eigenvalue weighted by atomic mass is 10.1. The Morgan fingerprint density at radius 3 is 1.14 bits per heavy atom. The van der Waals surface area contributed by atoms with Crippen LogP contribution in [-0.2, 0) is 9.59 Å². The van der Waals surface area contributed by atoms with Crippen molar-refractivity contribution in [2.24, 2.45) is 0 Å². The van der Waals surface area contributed by atoms with Gasteiger partial charge in [0.15, 0.2) is 0 Å². The van der Waals surface area contributed by atoms with Crippen molar-refractivity contribution in [3.8, 4) is 0 Å². The summed E-state index contributed by atoms with van der Waals surface area (Å²) < 4.78 is 0. The summed E-state index contributed by atoms with van der Waals surface area (Å²) in [6.45, 7) is 16.7. The molecule has 0 aromatic carbocycles. The van der Waals surface area contributed by atoms with Gasteiger partial charge < -0.3 is 9.80 Å². The van der Waals surface area contributed by atoms with Gasteiger partial charge in [0.2, 0.25) is 11.8 Å². The van der Waals surface area contributed by atoms with Gasteiger partial charge in [0.1, 0.15) is 0 Å². The Labute approximate surface area is 134 Å². The lowest BCUT2D eigenvalue weighted by Gasteiger charge is -2.20. The fourth-order valence-corrected chi connectivity index (χ4v) is 2.05. The summed E-state index contributed by atoms with van der Waals surface area (Å²) in [6.07, 6.45) is 9.09. The molecule has 0 atom stereocenters. The van der Waals surface area contributed by atoms with Crippen molar-refractivity contribution in [1.82, 2.24) is 9.80 Å². The van der Waals surface area contributed by atoms with Crippen molar-refractivity contribution in [1.29, 1.82) is 0 Å². The highest BCUT2D eigenvalue weighted by Gasteiger charge is 2.12. The van der Waals surface area contributed by atoms with Crippen molar-refractivity contribution in [2.75, 3.05) is 26.2 Å². The number of hydrogen-bond donors (Lipinski definition) is 0. The summed E-state index contributed by atoms with van der Waals surface area (Å²) in [5.41, 5.74) is 0. The van der Waals surface area contributed by atoms with Crippen LogP contribution in [0.25, 0.3) is 0 Å². The SMILES string of the molecule is C=CCN(CC=C)C(=O)CCCCC(=O)N(CC=C)CC=C. The number of amides is 2. The summed E-state index contributed by atoms with van der Waals surface area (Å²) in [4.78, 5) is 27.4. The van der Waals surface area contributed by atoms with Gasteiger partial charge in [-0.15, -0.1) is 26.3 Å². The van der Waals surface area contributed by atoms with E-state index in [4.69, 9.17) is 0 Å². The van der Waals surface area contributed by atoms with Crippen LogP contribution in [0.2, 0.25) is 0 Å². The minimum Gasteiger partial charge on any atom is -0.335 e. The molecule has 122 valence electrons. The first kappa shape index (κ1) is 19.9. The fourth-order valence-electron chi connectivity index (χ4n) is 2.05. The number of rotatable bonds is 13. The molecule has 0 bridgehead atoms. The molecule has 0 aliphatic carbocycles. The Hall–Kier alpha value is -2.10. The molecule has 0 aliphatic heterocycles. The molecule has 4 nitrogen and oxygen atoms in total. The van der Waals surface area contributed by atoms with Crippen molar-refractivity contribution < 1.29 is 9.59 Å². The van der Waals surface area contributed by atoms with Gasteiger partial charge in [-0.05, 0) is 12.8 Å². The number of carbonyl (C=O) groups excluding carboxylic acids is 2. The molecular weight excluding hydrogens is 276 g/mol. The molecule has 4 heteroatoms. The Kier molecular flexibility index (Phi) is 11.4. The van der Waals surface area contributed by atoms with Gasteiger partial charge in [-0.1, -0.05) is 24.3 Å². The summed E-state index contributed by atoms with van der Waals surface area (Å²) in [6, 6.07) is 0. The number of nitrogens with zero attached hydrogens (tertiary/aromatic N) is 2. The lowest BCUT2D eigenvalue weighted by Crippen LogP contribution is -2.32. The van der Waals surface area contributed by atoms with Crippen molar-refractivity contribution in [3.63, 3.8) is 0 Å². The van der Waals surface area contributed by atoms with E-state index in [2.05, 4.69) is 26.3 Å². The third-order valence-corrected chi connectivity index (χ3v) is 3.13. The molecule has 0 rings (SSSR count). The molecule has 0 fully saturated rings. The highest BCUT2D eigenvalue weighted by Crippen LogP contribution is 2.06. The first-order valence-electron chi connectivity index (χ1n) is 7.59. The molecule has 0 aromatic heterocycles. The van der Waals surface area contributed by atoms with Gasteiger partial charge in [-0.25, -0.2) is 0 Å². The summed E-state index contributed by atoms with van der Waals surface area (Å²) in [5.74, 6) is 0.141. The van der Waals surface area contributed by atoms with Crippen LogP contribution in [0.5, 0.6) is 0 Å². The number of unbranched alkanes of at least 4 members (excludes halogenated alkanes) is 1. The fraction of sp³-hybridized carbons (Fsp3) is 0.444. The third kappa shape index (κ3) is 8.25. The standard InChI is InChI=1S/C18H28N2O2/c1-5-13-19(14-6-2)17(21)11-9-10-12-18(22)20(15-7-3)16-8-4/h5-8H,1-4,9-16H2. The Balaban J connectivity index is 4.12. The average molecular weight is 304 g/mol. The largest absolute Gasteiger partial charge is 0.335 e. The minimum atomic E-state index is 0.0706. The van der Waals surface area contributed by atoms with E-state index >= 15 is 0 Å². The maximum absolute atomic E-state index is 12.0. The summed E-state index contributed by atoms with van der Waals surface area (Å²) >= 11 is 0. The normalized spacial score (nSPS) is 9.64. The van der Waals surface area contributed by atoms with Gasteiger partial charge in [0.05, 0.1) is 0 Å². The second-order valence-corrected chi connectivity index (χ2v) is 4.96. The predicted molar refractivity (Wildman–Crippen MR) is 92.4 cm³/mol. The molecule has 22 heavy (non-hydrogen) atoms. The molecule has 0 aromatic rings. The van der Waals surface area contributed by atoms with Crippen molar-refractivity contribution >= 4 is 11.8 Å². The molecule has 0 unspecified atom stereocenters. The highest BCUT2D eigenvalue weighted by atomic mass is 16.2. The van der Waals surface area contributed by atoms with E-state index in [0.717, 1.165) is 0 Å². The quantitative estimate of drug-likeness (QED) is 0.388. The zero-order valence-electron chi connectivity index (χ0n) is 13.5. The number of hydrogen-bond acceptors (Lipinski definition) is 2. The van der Waals surface area contributed by atoms with Crippen LogP contribution in [0.15, 0.2) is 50.6 Å². The van der Waals surface area contributed by atoms with Crippen LogP contribution in [0, 0.1) is 0 Å². The van der Waals surface area contributed by atoms with Crippen molar-refractivity contribution in [3.05, 3.63) is 50.6 Å². The Morgan fingerprint density at radius 2 is 0.909 bits per heavy atom. The van der Waals surface area contributed by atoms with Crippen LogP contribution < -0.4 is 0 Å². The number of carbonyl (C=O) groups is 2. The monoisotopic (exact) mass is 304 g/mol. The van der Waals surface area contributed by atoms with E-state index in [1.165, 1.54) is 0 Å². The Morgan fingerprint density at radius 1 is 0.636 bits per heavy atom. The van der Waals surface area contributed by atoms with E-state index < -0.39 is 0 Å². The maximum Gasteiger partial charge on any atom is 0.223 e.